The lowest BCUT2D eigenvalue weighted by molar-refractivity contribution is 0.152. The Labute approximate surface area is 127 Å². The second kappa shape index (κ2) is 5.34. The topological polar surface area (TPSA) is 45.1 Å². The van der Waals surface area contributed by atoms with Crippen molar-refractivity contribution in [2.75, 3.05) is 18.6 Å². The van der Waals surface area contributed by atoms with Gasteiger partial charge in [0.1, 0.15) is 17.2 Å². The first-order chi connectivity index (χ1) is 9.63. The molecule has 1 atom stereocenters. The highest BCUT2D eigenvalue weighted by Crippen LogP contribution is 2.33. The molecule has 4 heteroatoms. The Morgan fingerprint density at radius 2 is 1.71 bits per heavy atom. The van der Waals surface area contributed by atoms with E-state index in [0.717, 1.165) is 23.8 Å². The molecule has 0 aromatic heterocycles. The van der Waals surface area contributed by atoms with Crippen LogP contribution in [-0.2, 0) is 0 Å². The summed E-state index contributed by atoms with van der Waals surface area (Å²) in [5.74, 6) is 1.56. The molecule has 0 aliphatic carbocycles. The van der Waals surface area contributed by atoms with Crippen molar-refractivity contribution >= 4 is 11.5 Å². The van der Waals surface area contributed by atoms with Gasteiger partial charge in [-0.2, -0.15) is 0 Å². The minimum atomic E-state index is -0.958. The monoisotopic (exact) mass is 290 g/mol. The van der Waals surface area contributed by atoms with Crippen LogP contribution in [-0.4, -0.2) is 36.2 Å². The number of benzene rings is 1. The van der Waals surface area contributed by atoms with Gasteiger partial charge in [0.2, 0.25) is 0 Å². The molecule has 2 rings (SSSR count). The van der Waals surface area contributed by atoms with Crippen molar-refractivity contribution in [1.82, 2.24) is 0 Å². The maximum absolute atomic E-state index is 10.4. The van der Waals surface area contributed by atoms with Crippen LogP contribution in [0.15, 0.2) is 29.3 Å². The number of ether oxygens (including phenoxy) is 1. The van der Waals surface area contributed by atoms with E-state index in [-0.39, 0.29) is 11.5 Å². The third kappa shape index (κ3) is 3.38. The summed E-state index contributed by atoms with van der Waals surface area (Å²) in [6.45, 7) is 10.9. The van der Waals surface area contributed by atoms with Gasteiger partial charge in [-0.3, -0.25) is 4.99 Å². The summed E-state index contributed by atoms with van der Waals surface area (Å²) in [5, 5.41) is 10.4. The average Bonchev–Trinajstić information content (AvgIpc) is 2.83. The van der Waals surface area contributed by atoms with Crippen LogP contribution in [0.25, 0.3) is 0 Å². The Balaban J connectivity index is 2.35. The second-order valence-corrected chi connectivity index (χ2v) is 7.20. The van der Waals surface area contributed by atoms with Crippen molar-refractivity contribution in [3.05, 3.63) is 24.3 Å². The summed E-state index contributed by atoms with van der Waals surface area (Å²) in [6, 6.07) is 8.04. The molecule has 116 valence electrons. The largest absolute Gasteiger partial charge is 0.497 e. The van der Waals surface area contributed by atoms with E-state index < -0.39 is 5.60 Å². The number of amidine groups is 1. The first-order valence-electron chi connectivity index (χ1n) is 7.35. The van der Waals surface area contributed by atoms with E-state index in [1.165, 1.54) is 0 Å². The van der Waals surface area contributed by atoms with Crippen molar-refractivity contribution in [3.63, 3.8) is 0 Å². The Kier molecular flexibility index (Phi) is 4.02. The molecule has 0 spiro atoms. The van der Waals surface area contributed by atoms with Gasteiger partial charge in [-0.25, -0.2) is 0 Å². The third-order valence-corrected chi connectivity index (χ3v) is 3.82. The third-order valence-electron chi connectivity index (χ3n) is 3.82. The van der Waals surface area contributed by atoms with E-state index in [0.29, 0.717) is 0 Å². The molecule has 1 unspecified atom stereocenters. The van der Waals surface area contributed by atoms with Gasteiger partial charge < -0.3 is 14.7 Å². The van der Waals surface area contributed by atoms with Crippen LogP contribution < -0.4 is 9.64 Å². The van der Waals surface area contributed by atoms with Crippen LogP contribution >= 0.6 is 0 Å². The highest BCUT2D eigenvalue weighted by Gasteiger charge is 2.39. The number of nitrogens with zero attached hydrogens (tertiary/aromatic N) is 2. The average molecular weight is 290 g/mol. The van der Waals surface area contributed by atoms with E-state index in [9.17, 15) is 5.11 Å². The number of methoxy groups -OCH3 is 1. The van der Waals surface area contributed by atoms with E-state index in [1.807, 2.05) is 24.3 Å². The van der Waals surface area contributed by atoms with Crippen LogP contribution in [0.5, 0.6) is 5.75 Å². The summed E-state index contributed by atoms with van der Waals surface area (Å²) >= 11 is 0. The summed E-state index contributed by atoms with van der Waals surface area (Å²) in [7, 11) is 1.66. The number of aliphatic hydroxyl groups is 1. The first kappa shape index (κ1) is 15.8. The van der Waals surface area contributed by atoms with Gasteiger partial charge in [0.15, 0.2) is 0 Å². The zero-order valence-corrected chi connectivity index (χ0v) is 13.8. The predicted molar refractivity (Wildman–Crippen MR) is 87.3 cm³/mol. The van der Waals surface area contributed by atoms with Gasteiger partial charge in [0.25, 0.3) is 0 Å². The minimum absolute atomic E-state index is 0.0672. The molecule has 0 saturated carbocycles. The van der Waals surface area contributed by atoms with Gasteiger partial charge >= 0.3 is 0 Å². The molecule has 0 bridgehead atoms. The number of rotatable bonds is 3. The lowest BCUT2D eigenvalue weighted by Crippen LogP contribution is -2.43. The molecule has 0 fully saturated rings. The lowest BCUT2D eigenvalue weighted by atomic mass is 9.87. The van der Waals surface area contributed by atoms with Crippen LogP contribution in [0.4, 0.5) is 5.69 Å². The minimum Gasteiger partial charge on any atom is -0.497 e. The molecular formula is C17H26N2O2. The van der Waals surface area contributed by atoms with E-state index in [2.05, 4.69) is 25.7 Å². The molecule has 21 heavy (non-hydrogen) atoms. The lowest BCUT2D eigenvalue weighted by Gasteiger charge is -2.29. The highest BCUT2D eigenvalue weighted by atomic mass is 16.5. The predicted octanol–water partition coefficient (Wildman–Crippen LogP) is 3.10. The summed E-state index contributed by atoms with van der Waals surface area (Å²) in [5.41, 5.74) is 0.140. The summed E-state index contributed by atoms with van der Waals surface area (Å²) < 4.78 is 5.20. The smallest absolute Gasteiger partial charge is 0.136 e. The van der Waals surface area contributed by atoms with Crippen molar-refractivity contribution in [2.45, 2.75) is 46.3 Å². The van der Waals surface area contributed by atoms with Gasteiger partial charge in [0.05, 0.1) is 13.2 Å². The molecule has 0 amide bonds. The quantitative estimate of drug-likeness (QED) is 0.930. The number of anilines is 1. The second-order valence-electron chi connectivity index (χ2n) is 7.20. The SMILES string of the molecule is COc1ccc(N2CC(C(C)(C)C)N=C2C(C)(C)O)cc1. The molecular weight excluding hydrogens is 264 g/mol. The molecule has 0 saturated heterocycles. The Hall–Kier alpha value is -1.55. The van der Waals surface area contributed by atoms with Gasteiger partial charge in [-0.05, 0) is 43.5 Å². The van der Waals surface area contributed by atoms with Crippen LogP contribution in [0, 0.1) is 5.41 Å². The van der Waals surface area contributed by atoms with Gasteiger partial charge in [-0.1, -0.05) is 20.8 Å². The fraction of sp³-hybridized carbons (Fsp3) is 0.588. The molecule has 0 radical (unpaired) electrons. The van der Waals surface area contributed by atoms with Crippen LogP contribution in [0.3, 0.4) is 0 Å². The Bertz CT molecular complexity index is 521. The highest BCUT2D eigenvalue weighted by molar-refractivity contribution is 6.04. The van der Waals surface area contributed by atoms with E-state index >= 15 is 0 Å². The maximum atomic E-state index is 10.4. The molecule has 1 aromatic rings. The summed E-state index contributed by atoms with van der Waals surface area (Å²) in [6.07, 6.45) is 0. The molecule has 1 N–H and O–H groups in total. The maximum Gasteiger partial charge on any atom is 0.136 e. The Morgan fingerprint density at radius 3 is 2.14 bits per heavy atom. The zero-order valence-electron chi connectivity index (χ0n) is 13.8. The number of hydrogen-bond donors (Lipinski definition) is 1. The molecule has 1 aliphatic rings. The van der Waals surface area contributed by atoms with Crippen LogP contribution in [0.2, 0.25) is 0 Å². The van der Waals surface area contributed by atoms with Crippen LogP contribution in [0.1, 0.15) is 34.6 Å². The molecule has 1 heterocycles. The van der Waals surface area contributed by atoms with Crippen molar-refractivity contribution < 1.29 is 9.84 Å². The normalized spacial score (nSPS) is 19.7. The van der Waals surface area contributed by atoms with Gasteiger partial charge in [0, 0.05) is 12.2 Å². The standard InChI is InChI=1S/C17H26N2O2/c1-16(2,3)14-11-19(15(18-14)17(4,5)20)12-7-9-13(21-6)10-8-12/h7-10,14,20H,11H2,1-6H3. The first-order valence-corrected chi connectivity index (χ1v) is 7.35. The zero-order chi connectivity index (χ0) is 15.8. The molecule has 4 nitrogen and oxygen atoms in total. The molecule has 1 aromatic carbocycles. The number of hydrogen-bond acceptors (Lipinski definition) is 4. The van der Waals surface area contributed by atoms with Crippen molar-refractivity contribution in [2.24, 2.45) is 10.4 Å². The summed E-state index contributed by atoms with van der Waals surface area (Å²) in [4.78, 5) is 6.90. The van der Waals surface area contributed by atoms with Crippen molar-refractivity contribution in [3.8, 4) is 5.75 Å². The number of aliphatic imine (C=N–C) groups is 1. The fourth-order valence-electron chi connectivity index (χ4n) is 2.46. The van der Waals surface area contributed by atoms with Gasteiger partial charge in [-0.15, -0.1) is 0 Å². The Morgan fingerprint density at radius 1 is 1.14 bits per heavy atom. The molecule has 1 aliphatic heterocycles. The van der Waals surface area contributed by atoms with Crippen molar-refractivity contribution in [1.29, 1.82) is 0 Å². The fourth-order valence-corrected chi connectivity index (χ4v) is 2.46. The van der Waals surface area contributed by atoms with E-state index in [4.69, 9.17) is 9.73 Å². The van der Waals surface area contributed by atoms with E-state index in [1.54, 1.807) is 21.0 Å².